The Labute approximate surface area is 194 Å². The minimum absolute atomic E-state index is 0.0222. The zero-order valence-corrected chi connectivity index (χ0v) is 19.6. The fraction of sp³-hybridized carbons (Fsp3) is 0.318. The molecule has 0 aliphatic heterocycles. The van der Waals surface area contributed by atoms with Crippen LogP contribution in [0.2, 0.25) is 0 Å². The van der Waals surface area contributed by atoms with Crippen LogP contribution in [-0.2, 0) is 14.3 Å². The van der Waals surface area contributed by atoms with Crippen molar-refractivity contribution in [2.45, 2.75) is 26.4 Å². The lowest BCUT2D eigenvalue weighted by Crippen LogP contribution is -2.23. The second-order valence-electron chi connectivity index (χ2n) is 6.93. The summed E-state index contributed by atoms with van der Waals surface area (Å²) in [5.41, 5.74) is 1.41. The molecule has 2 N–H and O–H groups in total. The first-order valence-corrected chi connectivity index (χ1v) is 11.0. The van der Waals surface area contributed by atoms with Gasteiger partial charge in [0.05, 0.1) is 12.4 Å². The number of benzene rings is 2. The fourth-order valence-corrected chi connectivity index (χ4v) is 3.32. The number of amides is 1. The highest BCUT2D eigenvalue weighted by molar-refractivity contribution is 9.10. The monoisotopic (exact) mass is 509 g/mol. The standard InChI is InChI=1S/C22H24BrNO6S/c1-13(9-10-29-20(27)12-31)21(18-11-16(23)5-8-19(18)26)30-22(28)24-17-6-3-15(4-7-17)14(2)25/h3-8,11,13,21,26,31H,9-10,12H2,1-2H3,(H,24,28)/t13-,21+/m0/s1. The van der Waals surface area contributed by atoms with Gasteiger partial charge < -0.3 is 14.6 Å². The Hall–Kier alpha value is -2.52. The molecule has 2 aromatic carbocycles. The van der Waals surface area contributed by atoms with E-state index in [0.29, 0.717) is 27.7 Å². The Morgan fingerprint density at radius 1 is 1.16 bits per heavy atom. The second kappa shape index (κ2) is 11.8. The first-order valence-electron chi connectivity index (χ1n) is 9.54. The molecule has 2 aromatic rings. The van der Waals surface area contributed by atoms with Gasteiger partial charge in [-0.1, -0.05) is 22.9 Å². The highest BCUT2D eigenvalue weighted by Gasteiger charge is 2.27. The highest BCUT2D eigenvalue weighted by atomic mass is 79.9. The molecule has 0 aliphatic rings. The van der Waals surface area contributed by atoms with Crippen molar-refractivity contribution in [3.63, 3.8) is 0 Å². The van der Waals surface area contributed by atoms with Gasteiger partial charge in [0.2, 0.25) is 0 Å². The average molecular weight is 510 g/mol. The molecule has 0 aromatic heterocycles. The molecule has 0 aliphatic carbocycles. The number of nitrogens with one attached hydrogen (secondary N) is 1. The van der Waals surface area contributed by atoms with E-state index in [1.165, 1.54) is 13.0 Å². The number of anilines is 1. The maximum atomic E-state index is 12.6. The number of hydrogen-bond donors (Lipinski definition) is 3. The summed E-state index contributed by atoms with van der Waals surface area (Å²) in [5.74, 6) is -0.840. The zero-order chi connectivity index (χ0) is 23.0. The number of phenolic OH excluding ortho intramolecular Hbond substituents is 1. The first-order chi connectivity index (χ1) is 14.7. The van der Waals surface area contributed by atoms with Crippen molar-refractivity contribution in [1.29, 1.82) is 0 Å². The van der Waals surface area contributed by atoms with Crippen molar-refractivity contribution in [1.82, 2.24) is 0 Å². The molecule has 0 spiro atoms. The quantitative estimate of drug-likeness (QED) is 0.245. The molecule has 0 unspecified atom stereocenters. The normalized spacial score (nSPS) is 12.5. The Morgan fingerprint density at radius 2 is 1.84 bits per heavy atom. The van der Waals surface area contributed by atoms with Crippen molar-refractivity contribution < 1.29 is 29.0 Å². The SMILES string of the molecule is CC(=O)c1ccc(NC(=O)O[C@@H](c2cc(Br)ccc2O)[C@@H](C)CCOC(=O)CS)cc1. The summed E-state index contributed by atoms with van der Waals surface area (Å²) in [7, 11) is 0. The lowest BCUT2D eigenvalue weighted by atomic mass is 9.94. The van der Waals surface area contributed by atoms with E-state index in [2.05, 4.69) is 33.9 Å². The fourth-order valence-electron chi connectivity index (χ4n) is 2.85. The average Bonchev–Trinajstić information content (AvgIpc) is 2.74. The van der Waals surface area contributed by atoms with Crippen LogP contribution in [0.15, 0.2) is 46.9 Å². The molecule has 7 nitrogen and oxygen atoms in total. The zero-order valence-electron chi connectivity index (χ0n) is 17.1. The van der Waals surface area contributed by atoms with Crippen LogP contribution in [0.5, 0.6) is 5.75 Å². The van der Waals surface area contributed by atoms with Gasteiger partial charge in [-0.2, -0.15) is 12.6 Å². The predicted molar refractivity (Wildman–Crippen MR) is 124 cm³/mol. The number of thiol groups is 1. The van der Waals surface area contributed by atoms with Crippen LogP contribution in [0.4, 0.5) is 10.5 Å². The Kier molecular flexibility index (Phi) is 9.39. The summed E-state index contributed by atoms with van der Waals surface area (Å²) >= 11 is 7.22. The molecular weight excluding hydrogens is 486 g/mol. The van der Waals surface area contributed by atoms with Gasteiger partial charge in [-0.15, -0.1) is 0 Å². The summed E-state index contributed by atoms with van der Waals surface area (Å²) in [6, 6.07) is 11.3. The second-order valence-corrected chi connectivity index (χ2v) is 8.16. The van der Waals surface area contributed by atoms with E-state index in [4.69, 9.17) is 9.47 Å². The Bertz CT molecular complexity index is 934. The lowest BCUT2D eigenvalue weighted by Gasteiger charge is -2.25. The van der Waals surface area contributed by atoms with Crippen LogP contribution in [0.1, 0.15) is 42.3 Å². The van der Waals surface area contributed by atoms with Gasteiger partial charge in [0.15, 0.2) is 5.78 Å². The van der Waals surface area contributed by atoms with E-state index in [-0.39, 0.29) is 29.8 Å². The van der Waals surface area contributed by atoms with Gasteiger partial charge in [0, 0.05) is 27.2 Å². The van der Waals surface area contributed by atoms with Crippen molar-refractivity contribution in [2.24, 2.45) is 5.92 Å². The van der Waals surface area contributed by atoms with Gasteiger partial charge >= 0.3 is 12.1 Å². The molecule has 0 radical (unpaired) electrons. The smallest absolute Gasteiger partial charge is 0.412 e. The third-order valence-electron chi connectivity index (χ3n) is 4.55. The first kappa shape index (κ1) is 24.7. The minimum Gasteiger partial charge on any atom is -0.508 e. The van der Waals surface area contributed by atoms with E-state index in [1.54, 1.807) is 36.4 Å². The number of esters is 1. The molecule has 0 bridgehead atoms. The topological polar surface area (TPSA) is 102 Å². The van der Waals surface area contributed by atoms with Crippen molar-refractivity contribution in [2.75, 3.05) is 17.7 Å². The van der Waals surface area contributed by atoms with Crippen molar-refractivity contribution in [3.05, 3.63) is 58.1 Å². The minimum atomic E-state index is -0.802. The molecule has 2 atom stereocenters. The summed E-state index contributed by atoms with van der Waals surface area (Å²) in [6.45, 7) is 3.42. The third-order valence-corrected chi connectivity index (χ3v) is 5.30. The number of Topliss-reactive ketones (excluding diaryl/α,β-unsaturated/α-hetero) is 1. The van der Waals surface area contributed by atoms with Gasteiger partial charge in [-0.05, 0) is 55.8 Å². The lowest BCUT2D eigenvalue weighted by molar-refractivity contribution is -0.141. The molecule has 166 valence electrons. The molecule has 31 heavy (non-hydrogen) atoms. The molecule has 0 heterocycles. The number of carbonyl (C=O) groups is 3. The van der Waals surface area contributed by atoms with Crippen LogP contribution in [0.3, 0.4) is 0 Å². The molecule has 0 saturated carbocycles. The number of ketones is 1. The summed E-state index contributed by atoms with van der Waals surface area (Å²) < 4.78 is 11.4. The maximum Gasteiger partial charge on any atom is 0.412 e. The van der Waals surface area contributed by atoms with Gasteiger partial charge in [-0.3, -0.25) is 14.9 Å². The number of halogens is 1. The van der Waals surface area contributed by atoms with E-state index < -0.39 is 18.2 Å². The number of phenols is 1. The van der Waals surface area contributed by atoms with Gasteiger partial charge in [0.1, 0.15) is 11.9 Å². The van der Waals surface area contributed by atoms with Crippen molar-refractivity contribution in [3.8, 4) is 5.75 Å². The number of carbonyl (C=O) groups excluding carboxylic acids is 3. The van der Waals surface area contributed by atoms with E-state index in [0.717, 1.165) is 0 Å². The summed E-state index contributed by atoms with van der Waals surface area (Å²) in [4.78, 5) is 35.3. The molecule has 9 heteroatoms. The summed E-state index contributed by atoms with van der Waals surface area (Å²) in [6.07, 6.45) is -1.13. The Balaban J connectivity index is 2.15. The molecular formula is C22H24BrNO6S. The van der Waals surface area contributed by atoms with Crippen molar-refractivity contribution >= 4 is 52.1 Å². The highest BCUT2D eigenvalue weighted by Crippen LogP contribution is 2.36. The molecule has 2 rings (SSSR count). The van der Waals surface area contributed by atoms with Crippen LogP contribution in [0, 0.1) is 5.92 Å². The maximum absolute atomic E-state index is 12.6. The van der Waals surface area contributed by atoms with Crippen LogP contribution in [0.25, 0.3) is 0 Å². The number of hydrogen-bond acceptors (Lipinski definition) is 7. The van der Waals surface area contributed by atoms with Crippen LogP contribution < -0.4 is 5.32 Å². The summed E-state index contributed by atoms with van der Waals surface area (Å²) in [5, 5.41) is 13.0. The number of ether oxygens (including phenoxy) is 2. The van der Waals surface area contributed by atoms with E-state index in [1.807, 2.05) is 6.92 Å². The Morgan fingerprint density at radius 3 is 2.45 bits per heavy atom. The van der Waals surface area contributed by atoms with E-state index >= 15 is 0 Å². The van der Waals surface area contributed by atoms with Crippen LogP contribution in [-0.4, -0.2) is 35.3 Å². The van der Waals surface area contributed by atoms with Gasteiger partial charge in [0.25, 0.3) is 0 Å². The van der Waals surface area contributed by atoms with Crippen LogP contribution >= 0.6 is 28.6 Å². The molecule has 1 amide bonds. The largest absolute Gasteiger partial charge is 0.508 e. The number of aromatic hydroxyl groups is 1. The van der Waals surface area contributed by atoms with E-state index in [9.17, 15) is 19.5 Å². The molecule has 0 saturated heterocycles. The third kappa shape index (κ3) is 7.59. The van der Waals surface area contributed by atoms with Gasteiger partial charge in [-0.25, -0.2) is 4.79 Å². The number of rotatable bonds is 9. The molecule has 0 fully saturated rings. The predicted octanol–water partition coefficient (Wildman–Crippen LogP) is 5.15.